The minimum atomic E-state index is 0.494. The third kappa shape index (κ3) is 2.27. The van der Waals surface area contributed by atoms with Crippen LogP contribution in [0.4, 0.5) is 17.2 Å². The van der Waals surface area contributed by atoms with Crippen LogP contribution in [0, 0.1) is 0 Å². The number of pyridine rings is 1. The molecule has 1 heterocycles. The van der Waals surface area contributed by atoms with Crippen molar-refractivity contribution < 1.29 is 0 Å². The number of anilines is 3. The molecule has 0 radical (unpaired) electrons. The summed E-state index contributed by atoms with van der Waals surface area (Å²) in [6.45, 7) is 0. The van der Waals surface area contributed by atoms with Gasteiger partial charge in [0.2, 0.25) is 0 Å². The topological polar surface area (TPSA) is 50.9 Å². The molecule has 0 saturated carbocycles. The molecule has 76 valence electrons. The predicted octanol–water partition coefficient (Wildman–Crippen LogP) is 3.17. The average molecular weight is 264 g/mol. The second kappa shape index (κ2) is 4.31. The molecule has 2 rings (SSSR count). The van der Waals surface area contributed by atoms with Gasteiger partial charge in [-0.2, -0.15) is 0 Å². The van der Waals surface area contributed by atoms with Crippen molar-refractivity contribution in [2.75, 3.05) is 11.1 Å². The van der Waals surface area contributed by atoms with Gasteiger partial charge in [-0.1, -0.05) is 12.1 Å². The minimum Gasteiger partial charge on any atom is -0.382 e. The number of para-hydroxylation sites is 1. The van der Waals surface area contributed by atoms with Gasteiger partial charge in [0, 0.05) is 10.7 Å². The molecule has 0 amide bonds. The summed E-state index contributed by atoms with van der Waals surface area (Å²) in [5.74, 6) is 0.494. The summed E-state index contributed by atoms with van der Waals surface area (Å²) in [7, 11) is 0. The van der Waals surface area contributed by atoms with E-state index in [9.17, 15) is 0 Å². The molecule has 0 saturated heterocycles. The van der Waals surface area contributed by atoms with E-state index in [1.807, 2.05) is 36.4 Å². The Morgan fingerprint density at radius 1 is 1.07 bits per heavy atom. The van der Waals surface area contributed by atoms with E-state index in [1.54, 1.807) is 6.20 Å². The van der Waals surface area contributed by atoms with Gasteiger partial charge >= 0.3 is 0 Å². The first-order chi connectivity index (χ1) is 7.27. The van der Waals surface area contributed by atoms with E-state index in [0.717, 1.165) is 15.8 Å². The summed E-state index contributed by atoms with van der Waals surface area (Å²) < 4.78 is 0.994. The Bertz CT molecular complexity index is 427. The highest BCUT2D eigenvalue weighted by Gasteiger charge is 2.01. The van der Waals surface area contributed by atoms with Crippen molar-refractivity contribution >= 4 is 33.1 Å². The van der Waals surface area contributed by atoms with Gasteiger partial charge in [-0.3, -0.25) is 0 Å². The van der Waals surface area contributed by atoms with Crippen LogP contribution < -0.4 is 11.1 Å². The standard InChI is InChI=1S/C11H10BrN3/c12-8-4-1-2-5-9(8)15-10-6-3-7-14-11(10)13/h1-7,15H,(H2,13,14). The lowest BCUT2D eigenvalue weighted by molar-refractivity contribution is 1.33. The molecular weight excluding hydrogens is 254 g/mol. The molecule has 0 unspecified atom stereocenters. The maximum absolute atomic E-state index is 5.73. The summed E-state index contributed by atoms with van der Waals surface area (Å²) in [5, 5.41) is 3.21. The first-order valence-corrected chi connectivity index (χ1v) is 5.29. The number of benzene rings is 1. The fraction of sp³-hybridized carbons (Fsp3) is 0. The first kappa shape index (κ1) is 9.98. The SMILES string of the molecule is Nc1ncccc1Nc1ccccc1Br. The molecule has 0 aliphatic rings. The van der Waals surface area contributed by atoms with Crippen molar-refractivity contribution in [2.24, 2.45) is 0 Å². The quantitative estimate of drug-likeness (QED) is 0.875. The lowest BCUT2D eigenvalue weighted by Gasteiger charge is -2.09. The molecule has 0 spiro atoms. The van der Waals surface area contributed by atoms with E-state index in [2.05, 4.69) is 26.2 Å². The van der Waals surface area contributed by atoms with Crippen LogP contribution in [-0.2, 0) is 0 Å². The van der Waals surface area contributed by atoms with Crippen LogP contribution in [0.3, 0.4) is 0 Å². The molecular formula is C11H10BrN3. The van der Waals surface area contributed by atoms with E-state index in [1.165, 1.54) is 0 Å². The lowest BCUT2D eigenvalue weighted by atomic mass is 10.3. The number of nitrogens with two attached hydrogens (primary N) is 1. The van der Waals surface area contributed by atoms with Gasteiger partial charge in [-0.05, 0) is 40.2 Å². The Morgan fingerprint density at radius 2 is 1.80 bits per heavy atom. The number of hydrogen-bond donors (Lipinski definition) is 2. The number of nitrogen functional groups attached to an aromatic ring is 1. The van der Waals surface area contributed by atoms with Gasteiger partial charge in [-0.15, -0.1) is 0 Å². The van der Waals surface area contributed by atoms with E-state index in [-0.39, 0.29) is 0 Å². The fourth-order valence-electron chi connectivity index (χ4n) is 1.23. The largest absolute Gasteiger partial charge is 0.382 e. The summed E-state index contributed by atoms with van der Waals surface area (Å²) in [6.07, 6.45) is 1.67. The number of halogens is 1. The highest BCUT2D eigenvalue weighted by molar-refractivity contribution is 9.10. The lowest BCUT2D eigenvalue weighted by Crippen LogP contribution is -1.98. The average Bonchev–Trinajstić information content (AvgIpc) is 2.24. The summed E-state index contributed by atoms with van der Waals surface area (Å²) in [5.41, 5.74) is 7.51. The maximum Gasteiger partial charge on any atom is 0.147 e. The Labute approximate surface area is 96.5 Å². The summed E-state index contributed by atoms with van der Waals surface area (Å²) in [6, 6.07) is 11.6. The number of hydrogen-bond acceptors (Lipinski definition) is 3. The maximum atomic E-state index is 5.73. The molecule has 3 nitrogen and oxygen atoms in total. The van der Waals surface area contributed by atoms with Gasteiger partial charge < -0.3 is 11.1 Å². The molecule has 0 bridgehead atoms. The molecule has 3 N–H and O–H groups in total. The smallest absolute Gasteiger partial charge is 0.147 e. The van der Waals surface area contributed by atoms with Crippen LogP contribution in [0.25, 0.3) is 0 Å². The molecule has 2 aromatic rings. The fourth-order valence-corrected chi connectivity index (χ4v) is 1.61. The Hall–Kier alpha value is -1.55. The Morgan fingerprint density at radius 3 is 2.53 bits per heavy atom. The second-order valence-electron chi connectivity index (χ2n) is 3.04. The molecule has 0 aliphatic heterocycles. The highest BCUT2D eigenvalue weighted by Crippen LogP contribution is 2.26. The summed E-state index contributed by atoms with van der Waals surface area (Å²) in [4.78, 5) is 4.00. The van der Waals surface area contributed by atoms with Gasteiger partial charge in [0.25, 0.3) is 0 Å². The molecule has 0 aliphatic carbocycles. The van der Waals surface area contributed by atoms with Crippen LogP contribution in [-0.4, -0.2) is 4.98 Å². The van der Waals surface area contributed by atoms with Crippen LogP contribution in [0.1, 0.15) is 0 Å². The van der Waals surface area contributed by atoms with Gasteiger partial charge in [0.15, 0.2) is 0 Å². The second-order valence-corrected chi connectivity index (χ2v) is 3.90. The van der Waals surface area contributed by atoms with Gasteiger partial charge in [0.1, 0.15) is 5.82 Å². The van der Waals surface area contributed by atoms with Gasteiger partial charge in [0.05, 0.1) is 11.4 Å². The van der Waals surface area contributed by atoms with Crippen molar-refractivity contribution in [1.82, 2.24) is 4.98 Å². The highest BCUT2D eigenvalue weighted by atomic mass is 79.9. The molecule has 4 heteroatoms. The van der Waals surface area contributed by atoms with Crippen LogP contribution in [0.15, 0.2) is 47.1 Å². The predicted molar refractivity (Wildman–Crippen MR) is 66.1 cm³/mol. The van der Waals surface area contributed by atoms with Crippen LogP contribution in [0.2, 0.25) is 0 Å². The third-order valence-corrected chi connectivity index (χ3v) is 2.67. The van der Waals surface area contributed by atoms with Crippen molar-refractivity contribution in [2.45, 2.75) is 0 Å². The number of aromatic nitrogens is 1. The number of nitrogens with zero attached hydrogens (tertiary/aromatic N) is 1. The number of rotatable bonds is 2. The van der Waals surface area contributed by atoms with Crippen LogP contribution in [0.5, 0.6) is 0 Å². The molecule has 0 atom stereocenters. The first-order valence-electron chi connectivity index (χ1n) is 4.49. The zero-order valence-electron chi connectivity index (χ0n) is 7.94. The van der Waals surface area contributed by atoms with E-state index in [4.69, 9.17) is 5.73 Å². The van der Waals surface area contributed by atoms with Crippen molar-refractivity contribution in [3.05, 3.63) is 47.1 Å². The normalized spacial score (nSPS) is 9.93. The van der Waals surface area contributed by atoms with Crippen molar-refractivity contribution in [3.8, 4) is 0 Å². The van der Waals surface area contributed by atoms with Crippen LogP contribution >= 0.6 is 15.9 Å². The molecule has 1 aromatic heterocycles. The Kier molecular flexibility index (Phi) is 2.87. The third-order valence-electron chi connectivity index (χ3n) is 1.98. The molecule has 15 heavy (non-hydrogen) atoms. The summed E-state index contributed by atoms with van der Waals surface area (Å²) >= 11 is 3.45. The van der Waals surface area contributed by atoms with E-state index in [0.29, 0.717) is 5.82 Å². The Balaban J connectivity index is 2.30. The number of nitrogens with one attached hydrogen (secondary N) is 1. The van der Waals surface area contributed by atoms with Crippen molar-refractivity contribution in [3.63, 3.8) is 0 Å². The molecule has 1 aromatic carbocycles. The van der Waals surface area contributed by atoms with Crippen molar-refractivity contribution in [1.29, 1.82) is 0 Å². The molecule has 0 fully saturated rings. The zero-order valence-corrected chi connectivity index (χ0v) is 9.53. The van der Waals surface area contributed by atoms with E-state index >= 15 is 0 Å². The van der Waals surface area contributed by atoms with Gasteiger partial charge in [-0.25, -0.2) is 4.98 Å². The minimum absolute atomic E-state index is 0.494. The monoisotopic (exact) mass is 263 g/mol. The van der Waals surface area contributed by atoms with E-state index < -0.39 is 0 Å². The zero-order chi connectivity index (χ0) is 10.7.